The Bertz CT molecular complexity index is 345. The van der Waals surface area contributed by atoms with Gasteiger partial charge >= 0.3 is 5.97 Å². The van der Waals surface area contributed by atoms with E-state index in [2.05, 4.69) is 33.4 Å². The second-order valence-electron chi connectivity index (χ2n) is 6.65. The normalized spacial score (nSPS) is 38.7. The minimum absolute atomic E-state index is 0.0460. The molecular formula is C14H25NO2S. The van der Waals surface area contributed by atoms with E-state index in [4.69, 9.17) is 10.5 Å². The SMILES string of the molecule is CC1(C)C2CCC1(C)C(OC(=O)C(N)CCS)C2. The summed E-state index contributed by atoms with van der Waals surface area (Å²) in [6, 6.07) is -0.520. The van der Waals surface area contributed by atoms with Gasteiger partial charge in [0.05, 0.1) is 0 Å². The number of ether oxygens (including phenoxy) is 1. The van der Waals surface area contributed by atoms with E-state index in [-0.39, 0.29) is 22.9 Å². The van der Waals surface area contributed by atoms with Crippen LogP contribution in [0, 0.1) is 16.7 Å². The van der Waals surface area contributed by atoms with Crippen molar-refractivity contribution in [3.05, 3.63) is 0 Å². The van der Waals surface area contributed by atoms with Crippen LogP contribution in [0.1, 0.15) is 46.5 Å². The molecule has 2 aliphatic rings. The van der Waals surface area contributed by atoms with Crippen molar-refractivity contribution in [2.75, 3.05) is 5.75 Å². The van der Waals surface area contributed by atoms with E-state index in [1.54, 1.807) is 0 Å². The molecule has 2 fully saturated rings. The van der Waals surface area contributed by atoms with Gasteiger partial charge in [-0.1, -0.05) is 20.8 Å². The highest BCUT2D eigenvalue weighted by Gasteiger charge is 2.62. The number of carbonyl (C=O) groups is 1. The predicted octanol–water partition coefficient (Wildman–Crippen LogP) is 2.39. The number of nitrogens with two attached hydrogens (primary N) is 1. The van der Waals surface area contributed by atoms with Crippen LogP contribution in [0.3, 0.4) is 0 Å². The van der Waals surface area contributed by atoms with Crippen molar-refractivity contribution in [3.63, 3.8) is 0 Å². The fraction of sp³-hybridized carbons (Fsp3) is 0.929. The number of fused-ring (bicyclic) bond motifs is 2. The van der Waals surface area contributed by atoms with E-state index < -0.39 is 6.04 Å². The monoisotopic (exact) mass is 271 g/mol. The van der Waals surface area contributed by atoms with Crippen LogP contribution in [-0.2, 0) is 9.53 Å². The highest BCUT2D eigenvalue weighted by atomic mass is 32.1. The maximum atomic E-state index is 11.9. The summed E-state index contributed by atoms with van der Waals surface area (Å²) >= 11 is 4.10. The molecule has 0 aromatic carbocycles. The topological polar surface area (TPSA) is 52.3 Å². The average Bonchev–Trinajstić information content (AvgIpc) is 2.62. The summed E-state index contributed by atoms with van der Waals surface area (Å²) in [6.07, 6.45) is 4.05. The lowest BCUT2D eigenvalue weighted by atomic mass is 9.70. The molecule has 0 amide bonds. The second-order valence-corrected chi connectivity index (χ2v) is 7.10. The zero-order valence-electron chi connectivity index (χ0n) is 11.6. The summed E-state index contributed by atoms with van der Waals surface area (Å²) in [5.41, 5.74) is 6.18. The van der Waals surface area contributed by atoms with Gasteiger partial charge in [-0.2, -0.15) is 12.6 Å². The van der Waals surface area contributed by atoms with Crippen molar-refractivity contribution in [3.8, 4) is 0 Å². The molecule has 0 aliphatic heterocycles. The standard InChI is InChI=1S/C14H25NO2S/c1-13(2)9-4-6-14(13,3)11(8-9)17-12(16)10(15)5-7-18/h9-11,18H,4-8,15H2,1-3H3. The third kappa shape index (κ3) is 1.97. The van der Waals surface area contributed by atoms with Gasteiger partial charge < -0.3 is 10.5 Å². The lowest BCUT2D eigenvalue weighted by Crippen LogP contribution is -2.42. The van der Waals surface area contributed by atoms with E-state index in [0.29, 0.717) is 18.1 Å². The number of thiol groups is 1. The summed E-state index contributed by atoms with van der Waals surface area (Å²) in [5.74, 6) is 1.05. The molecule has 0 aromatic heterocycles. The van der Waals surface area contributed by atoms with Crippen molar-refractivity contribution in [2.24, 2.45) is 22.5 Å². The molecule has 0 heterocycles. The summed E-state index contributed by atoms with van der Waals surface area (Å²) in [7, 11) is 0. The van der Waals surface area contributed by atoms with E-state index in [1.807, 2.05) is 0 Å². The summed E-state index contributed by atoms with van der Waals surface area (Å²) < 4.78 is 5.70. The summed E-state index contributed by atoms with van der Waals surface area (Å²) in [6.45, 7) is 6.89. The van der Waals surface area contributed by atoms with Crippen LogP contribution in [0.5, 0.6) is 0 Å². The van der Waals surface area contributed by atoms with Crippen LogP contribution in [0.4, 0.5) is 0 Å². The summed E-state index contributed by atoms with van der Waals surface area (Å²) in [5, 5.41) is 0. The first-order valence-electron chi connectivity index (χ1n) is 6.90. The third-order valence-electron chi connectivity index (χ3n) is 5.72. The Morgan fingerprint density at radius 3 is 2.61 bits per heavy atom. The maximum Gasteiger partial charge on any atom is 0.323 e. The number of carbonyl (C=O) groups excluding carboxylic acids is 1. The van der Waals surface area contributed by atoms with Crippen LogP contribution in [0.25, 0.3) is 0 Å². The highest BCUT2D eigenvalue weighted by Crippen LogP contribution is 2.66. The van der Waals surface area contributed by atoms with Gasteiger partial charge in [-0.15, -0.1) is 0 Å². The molecule has 0 radical (unpaired) electrons. The van der Waals surface area contributed by atoms with Gasteiger partial charge in [-0.3, -0.25) is 4.79 Å². The molecule has 0 saturated heterocycles. The highest BCUT2D eigenvalue weighted by molar-refractivity contribution is 7.80. The predicted molar refractivity (Wildman–Crippen MR) is 75.6 cm³/mol. The summed E-state index contributed by atoms with van der Waals surface area (Å²) in [4.78, 5) is 11.9. The van der Waals surface area contributed by atoms with Crippen LogP contribution >= 0.6 is 12.6 Å². The molecule has 3 nitrogen and oxygen atoms in total. The molecule has 4 atom stereocenters. The van der Waals surface area contributed by atoms with Gasteiger partial charge in [0.15, 0.2) is 0 Å². The maximum absolute atomic E-state index is 11.9. The molecule has 0 aromatic rings. The lowest BCUT2D eigenvalue weighted by molar-refractivity contribution is -0.158. The van der Waals surface area contributed by atoms with Crippen molar-refractivity contribution < 1.29 is 9.53 Å². The Balaban J connectivity index is 2.03. The van der Waals surface area contributed by atoms with Gasteiger partial charge in [-0.25, -0.2) is 0 Å². The Kier molecular flexibility index (Phi) is 3.72. The smallest absolute Gasteiger partial charge is 0.323 e. The minimum atomic E-state index is -0.520. The Morgan fingerprint density at radius 1 is 1.50 bits per heavy atom. The number of esters is 1. The first-order chi connectivity index (χ1) is 8.33. The molecule has 0 spiro atoms. The quantitative estimate of drug-likeness (QED) is 0.610. The Labute approximate surface area is 115 Å². The zero-order valence-corrected chi connectivity index (χ0v) is 12.5. The van der Waals surface area contributed by atoms with Crippen LogP contribution in [0.2, 0.25) is 0 Å². The van der Waals surface area contributed by atoms with E-state index in [0.717, 1.165) is 12.8 Å². The van der Waals surface area contributed by atoms with Gasteiger partial charge in [0.2, 0.25) is 0 Å². The molecule has 2 rings (SSSR count). The van der Waals surface area contributed by atoms with Crippen molar-refractivity contribution in [1.82, 2.24) is 0 Å². The van der Waals surface area contributed by atoms with Crippen molar-refractivity contribution >= 4 is 18.6 Å². The Morgan fingerprint density at radius 2 is 2.17 bits per heavy atom. The molecule has 4 unspecified atom stereocenters. The fourth-order valence-corrected chi connectivity index (χ4v) is 4.07. The first kappa shape index (κ1) is 14.2. The van der Waals surface area contributed by atoms with E-state index >= 15 is 0 Å². The minimum Gasteiger partial charge on any atom is -0.461 e. The van der Waals surface area contributed by atoms with Crippen molar-refractivity contribution in [1.29, 1.82) is 0 Å². The van der Waals surface area contributed by atoms with Crippen LogP contribution in [-0.4, -0.2) is 23.9 Å². The van der Waals surface area contributed by atoms with Gasteiger partial charge in [0, 0.05) is 5.41 Å². The average molecular weight is 271 g/mol. The Hall–Kier alpha value is -0.220. The molecule has 4 heteroatoms. The molecule has 2 bridgehead atoms. The fourth-order valence-electron chi connectivity index (χ4n) is 3.79. The molecule has 104 valence electrons. The van der Waals surface area contributed by atoms with Gasteiger partial charge in [0.1, 0.15) is 12.1 Å². The molecule has 2 aliphatic carbocycles. The number of hydrogen-bond acceptors (Lipinski definition) is 4. The largest absolute Gasteiger partial charge is 0.461 e. The van der Waals surface area contributed by atoms with E-state index in [9.17, 15) is 4.79 Å². The number of rotatable bonds is 4. The van der Waals surface area contributed by atoms with Crippen LogP contribution < -0.4 is 5.73 Å². The third-order valence-corrected chi connectivity index (χ3v) is 5.97. The van der Waals surface area contributed by atoms with Gasteiger partial charge in [0.25, 0.3) is 0 Å². The second kappa shape index (κ2) is 4.71. The molecule has 2 saturated carbocycles. The number of hydrogen-bond donors (Lipinski definition) is 2. The molecule has 2 N–H and O–H groups in total. The van der Waals surface area contributed by atoms with E-state index in [1.165, 1.54) is 6.42 Å². The lowest BCUT2D eigenvalue weighted by Gasteiger charge is -2.38. The first-order valence-corrected chi connectivity index (χ1v) is 7.53. The molecule has 18 heavy (non-hydrogen) atoms. The van der Waals surface area contributed by atoms with Crippen LogP contribution in [0.15, 0.2) is 0 Å². The molecular weight excluding hydrogens is 246 g/mol. The zero-order chi connectivity index (χ0) is 13.6. The van der Waals surface area contributed by atoms with Crippen molar-refractivity contribution in [2.45, 2.75) is 58.6 Å². The van der Waals surface area contributed by atoms with Gasteiger partial charge in [-0.05, 0) is 42.8 Å².